The smallest absolute Gasteiger partial charge is 0.311 e. The standard InChI is InChI=1S/C41H47N3O7Si/c1-5-41(50)34-22-36-39-33(24-44(36)40(49)31(34)15-17-37(41)47)30(18-20-52(2,3)4)32-21-29(14-16-35(32)43-39)51-38(48)7-6-19-42-23-27-10-8-26(9-11-27)12-13-28(46)25-45/h8-14,16,21-22,42,45,50H,5-7,15,17-20,23-25H2,1-4H3/b13-12+/t41-/m0/s1. The van der Waals surface area contributed by atoms with Crippen molar-refractivity contribution in [3.63, 3.8) is 0 Å². The Bertz CT molecular complexity index is 2130. The molecule has 3 N–H and O–H groups in total. The number of hydrogen-bond acceptors (Lipinski definition) is 9. The van der Waals surface area contributed by atoms with Crippen LogP contribution in [-0.2, 0) is 45.9 Å². The highest BCUT2D eigenvalue weighted by Gasteiger charge is 2.43. The number of ether oxygens (including phenoxy) is 1. The van der Waals surface area contributed by atoms with E-state index in [-0.39, 0.29) is 42.4 Å². The van der Waals surface area contributed by atoms with Crippen LogP contribution in [0.15, 0.2) is 59.4 Å². The summed E-state index contributed by atoms with van der Waals surface area (Å²) in [5, 5.41) is 24.5. The van der Waals surface area contributed by atoms with Crippen LogP contribution in [0.4, 0.5) is 0 Å². The second-order valence-electron chi connectivity index (χ2n) is 15.1. The van der Waals surface area contributed by atoms with Crippen molar-refractivity contribution in [3.05, 3.63) is 98.3 Å². The zero-order valence-corrected chi connectivity index (χ0v) is 31.4. The van der Waals surface area contributed by atoms with Gasteiger partial charge >= 0.3 is 5.97 Å². The molecule has 0 saturated heterocycles. The first-order valence-corrected chi connectivity index (χ1v) is 21.8. The van der Waals surface area contributed by atoms with Gasteiger partial charge in [-0.15, -0.1) is 0 Å². The van der Waals surface area contributed by atoms with E-state index in [4.69, 9.17) is 14.8 Å². The van der Waals surface area contributed by atoms with Gasteiger partial charge in [0.15, 0.2) is 11.6 Å². The number of aliphatic hydroxyl groups is 2. The molecule has 0 saturated carbocycles. The lowest BCUT2D eigenvalue weighted by Gasteiger charge is -2.32. The minimum absolute atomic E-state index is 0.145. The van der Waals surface area contributed by atoms with Gasteiger partial charge in [-0.05, 0) is 79.3 Å². The number of carbonyl (C=O) groups is 3. The maximum atomic E-state index is 13.9. The maximum absolute atomic E-state index is 13.9. The molecule has 1 atom stereocenters. The highest BCUT2D eigenvalue weighted by molar-refractivity contribution is 6.76. The number of ketones is 2. The van der Waals surface area contributed by atoms with Crippen LogP contribution in [0.1, 0.15) is 66.0 Å². The van der Waals surface area contributed by atoms with Gasteiger partial charge in [0.05, 0.1) is 23.4 Å². The van der Waals surface area contributed by atoms with E-state index in [9.17, 15) is 24.3 Å². The van der Waals surface area contributed by atoms with Gasteiger partial charge in [0.1, 0.15) is 18.0 Å². The summed E-state index contributed by atoms with van der Waals surface area (Å²) >= 11 is 0. The lowest BCUT2D eigenvalue weighted by molar-refractivity contribution is -0.140. The Hall–Kier alpha value is -4.55. The number of carbonyl (C=O) groups excluding carboxylic acids is 3. The summed E-state index contributed by atoms with van der Waals surface area (Å²) in [4.78, 5) is 55.9. The molecule has 1 aliphatic carbocycles. The Morgan fingerprint density at radius 3 is 2.54 bits per heavy atom. The van der Waals surface area contributed by atoms with Crippen molar-refractivity contribution in [2.45, 2.75) is 89.8 Å². The number of rotatable bonds is 14. The van der Waals surface area contributed by atoms with Crippen molar-refractivity contribution >= 4 is 42.6 Å². The van der Waals surface area contributed by atoms with Crippen molar-refractivity contribution in [1.82, 2.24) is 14.9 Å². The van der Waals surface area contributed by atoms with Crippen molar-refractivity contribution < 1.29 is 29.3 Å². The van der Waals surface area contributed by atoms with Crippen LogP contribution in [0.2, 0.25) is 25.7 Å². The molecule has 6 rings (SSSR count). The molecule has 4 aromatic rings. The fourth-order valence-corrected chi connectivity index (χ4v) is 8.13. The minimum Gasteiger partial charge on any atom is -0.427 e. The van der Waals surface area contributed by atoms with E-state index in [0.717, 1.165) is 45.6 Å². The Morgan fingerprint density at radius 2 is 1.83 bits per heavy atom. The Kier molecular flexibility index (Phi) is 10.9. The van der Waals surface area contributed by atoms with Gasteiger partial charge in [0.2, 0.25) is 0 Å². The first-order valence-electron chi connectivity index (χ1n) is 18.1. The number of aromatic nitrogens is 2. The molecular weight excluding hydrogens is 675 g/mol. The fourth-order valence-electron chi connectivity index (χ4n) is 7.13. The fraction of sp³-hybridized carbons (Fsp3) is 0.390. The van der Waals surface area contributed by atoms with Crippen LogP contribution in [0.25, 0.3) is 28.4 Å². The first kappa shape index (κ1) is 37.2. The largest absolute Gasteiger partial charge is 0.427 e. The van der Waals surface area contributed by atoms with Crippen LogP contribution in [0.3, 0.4) is 0 Å². The molecule has 52 heavy (non-hydrogen) atoms. The molecule has 11 heteroatoms. The minimum atomic E-state index is -1.67. The van der Waals surface area contributed by atoms with E-state index in [2.05, 4.69) is 25.0 Å². The normalized spacial score (nSPS) is 16.6. The molecule has 0 unspecified atom stereocenters. The molecule has 0 bridgehead atoms. The van der Waals surface area contributed by atoms with E-state index in [0.29, 0.717) is 60.7 Å². The Balaban J connectivity index is 1.17. The van der Waals surface area contributed by atoms with Crippen LogP contribution in [-0.4, -0.2) is 58.5 Å². The predicted octanol–water partition coefficient (Wildman–Crippen LogP) is 5.47. The average Bonchev–Trinajstić information content (AvgIpc) is 3.49. The maximum Gasteiger partial charge on any atom is 0.311 e. The number of fused-ring (bicyclic) bond motifs is 5. The summed E-state index contributed by atoms with van der Waals surface area (Å²) in [6.07, 6.45) is 5.32. The van der Waals surface area contributed by atoms with Gasteiger partial charge in [-0.2, -0.15) is 0 Å². The van der Waals surface area contributed by atoms with E-state index in [1.54, 1.807) is 23.6 Å². The molecule has 3 heterocycles. The van der Waals surface area contributed by atoms with Gasteiger partial charge in [-0.1, -0.05) is 63.0 Å². The number of pyridine rings is 2. The first-order chi connectivity index (χ1) is 24.8. The number of nitrogens with zero attached hydrogens (tertiary/aromatic N) is 2. The van der Waals surface area contributed by atoms with Crippen LogP contribution < -0.4 is 15.6 Å². The van der Waals surface area contributed by atoms with Gasteiger partial charge in [0.25, 0.3) is 5.56 Å². The Morgan fingerprint density at radius 1 is 1.06 bits per heavy atom. The molecule has 2 aromatic carbocycles. The van der Waals surface area contributed by atoms with Crippen molar-refractivity contribution in [2.75, 3.05) is 13.2 Å². The van der Waals surface area contributed by atoms with Crippen LogP contribution >= 0.6 is 0 Å². The number of hydrogen-bond donors (Lipinski definition) is 3. The number of aryl methyl sites for hydroxylation is 1. The van der Waals surface area contributed by atoms with E-state index in [1.807, 2.05) is 42.5 Å². The number of Topliss-reactive ketones (excluding diaryl/α,β-unsaturated/α-hetero) is 1. The highest BCUT2D eigenvalue weighted by Crippen LogP contribution is 2.41. The zero-order valence-electron chi connectivity index (χ0n) is 30.4. The molecule has 10 nitrogen and oxygen atoms in total. The molecule has 2 aromatic heterocycles. The number of nitrogens with one attached hydrogen (secondary N) is 1. The third kappa shape index (κ3) is 7.78. The average molecular weight is 722 g/mol. The molecule has 0 spiro atoms. The second-order valence-corrected chi connectivity index (χ2v) is 20.7. The number of benzene rings is 2. The Labute approximate surface area is 304 Å². The highest BCUT2D eigenvalue weighted by atomic mass is 28.3. The zero-order chi connectivity index (χ0) is 37.2. The summed E-state index contributed by atoms with van der Waals surface area (Å²) in [5.41, 5.74) is 5.14. The molecular formula is C41H47N3O7Si. The molecule has 0 fully saturated rings. The summed E-state index contributed by atoms with van der Waals surface area (Å²) in [6.45, 7) is 9.87. The van der Waals surface area contributed by atoms with Gasteiger partial charge in [-0.3, -0.25) is 19.2 Å². The molecule has 272 valence electrons. The monoisotopic (exact) mass is 721 g/mol. The van der Waals surface area contributed by atoms with Crippen LogP contribution in [0, 0.1) is 0 Å². The van der Waals surface area contributed by atoms with Crippen molar-refractivity contribution in [3.8, 4) is 17.1 Å². The third-order valence-corrected chi connectivity index (χ3v) is 11.9. The van der Waals surface area contributed by atoms with E-state index in [1.165, 1.54) is 6.08 Å². The lowest BCUT2D eigenvalue weighted by atomic mass is 9.77. The summed E-state index contributed by atoms with van der Waals surface area (Å²) in [6, 6.07) is 16.1. The third-order valence-electron chi connectivity index (χ3n) is 10.2. The second kappa shape index (κ2) is 15.2. The molecule has 0 radical (unpaired) electrons. The van der Waals surface area contributed by atoms with E-state index < -0.39 is 20.3 Å². The van der Waals surface area contributed by atoms with Crippen molar-refractivity contribution in [1.29, 1.82) is 0 Å². The number of esters is 1. The molecule has 0 amide bonds. The van der Waals surface area contributed by atoms with Gasteiger partial charge in [-0.25, -0.2) is 4.98 Å². The van der Waals surface area contributed by atoms with Crippen molar-refractivity contribution in [2.24, 2.45) is 0 Å². The summed E-state index contributed by atoms with van der Waals surface area (Å²) < 4.78 is 7.56. The van der Waals surface area contributed by atoms with Crippen LogP contribution in [0.5, 0.6) is 5.75 Å². The SMILES string of the molecule is CC[C@@]1(O)C(=O)CCc2c1cc1n(c2=O)Cc2c-1nc1ccc(OC(=O)CCCNCc3ccc(/C=C/C(=O)CO)cc3)cc1c2CC[Si](C)(C)C. The summed E-state index contributed by atoms with van der Waals surface area (Å²) in [5.74, 6) is -0.470. The topological polar surface area (TPSA) is 148 Å². The summed E-state index contributed by atoms with van der Waals surface area (Å²) in [7, 11) is -1.47. The van der Waals surface area contributed by atoms with Gasteiger partial charge < -0.3 is 24.8 Å². The quantitative estimate of drug-likeness (QED) is 0.0447. The molecule has 2 aliphatic rings. The van der Waals surface area contributed by atoms with E-state index >= 15 is 0 Å². The lowest BCUT2D eigenvalue weighted by Crippen LogP contribution is -2.43. The number of aliphatic hydroxyl groups excluding tert-OH is 1. The predicted molar refractivity (Wildman–Crippen MR) is 204 cm³/mol. The van der Waals surface area contributed by atoms with Gasteiger partial charge in [0, 0.05) is 49.5 Å². The molecule has 1 aliphatic heterocycles.